The quantitative estimate of drug-likeness (QED) is 0.851. The minimum atomic E-state index is -0.767. The first-order chi connectivity index (χ1) is 12.4. The molecule has 0 spiro atoms. The molecule has 3 amide bonds. The van der Waals surface area contributed by atoms with Crippen LogP contribution in [0.1, 0.15) is 35.9 Å². The van der Waals surface area contributed by atoms with E-state index in [4.69, 9.17) is 4.52 Å². The summed E-state index contributed by atoms with van der Waals surface area (Å²) >= 11 is 0. The Morgan fingerprint density at radius 3 is 2.77 bits per heavy atom. The molecule has 2 heterocycles. The monoisotopic (exact) mass is 356 g/mol. The maximum Gasteiger partial charge on any atom is 0.251 e. The standard InChI is InChI=1S/C18H20N4O4/c1-11-9-15(21-26-11)20-17(24)12(2)19-18(25)13-5-3-6-14(10-13)22-8-4-7-16(22)23/h3,5-6,9-10,12H,4,7-8H2,1-2H3,(H,19,25)(H,20,21,24)/t12-/m1/s1. The maximum atomic E-state index is 12.4. The molecule has 2 N–H and O–H groups in total. The number of nitrogens with one attached hydrogen (secondary N) is 2. The number of carbonyl (C=O) groups excluding carboxylic acids is 3. The van der Waals surface area contributed by atoms with Crippen LogP contribution in [0.4, 0.5) is 11.5 Å². The van der Waals surface area contributed by atoms with Crippen LogP contribution in [0.3, 0.4) is 0 Å². The number of hydrogen-bond acceptors (Lipinski definition) is 5. The van der Waals surface area contributed by atoms with Crippen molar-refractivity contribution in [1.29, 1.82) is 0 Å². The second kappa shape index (κ2) is 7.38. The number of benzene rings is 1. The normalized spacial score (nSPS) is 15.0. The van der Waals surface area contributed by atoms with Gasteiger partial charge < -0.3 is 20.1 Å². The molecule has 1 aromatic carbocycles. The number of hydrogen-bond donors (Lipinski definition) is 2. The van der Waals surface area contributed by atoms with Crippen molar-refractivity contribution in [2.45, 2.75) is 32.7 Å². The van der Waals surface area contributed by atoms with E-state index in [-0.39, 0.29) is 5.91 Å². The van der Waals surface area contributed by atoms with E-state index in [0.29, 0.717) is 35.8 Å². The molecular formula is C18H20N4O4. The number of aryl methyl sites for hydroxylation is 1. The Balaban J connectivity index is 1.63. The van der Waals surface area contributed by atoms with E-state index in [1.165, 1.54) is 0 Å². The predicted molar refractivity (Wildman–Crippen MR) is 94.8 cm³/mol. The lowest BCUT2D eigenvalue weighted by Crippen LogP contribution is -2.41. The molecule has 0 bridgehead atoms. The highest BCUT2D eigenvalue weighted by molar-refractivity contribution is 6.02. The molecule has 3 rings (SSSR count). The van der Waals surface area contributed by atoms with Crippen molar-refractivity contribution in [1.82, 2.24) is 10.5 Å². The van der Waals surface area contributed by atoms with Crippen molar-refractivity contribution in [3.05, 3.63) is 41.7 Å². The van der Waals surface area contributed by atoms with E-state index in [1.54, 1.807) is 49.1 Å². The number of aromatic nitrogens is 1. The van der Waals surface area contributed by atoms with Crippen LogP contribution in [0.25, 0.3) is 0 Å². The number of anilines is 2. The molecule has 0 aliphatic carbocycles. The van der Waals surface area contributed by atoms with Crippen LogP contribution in [0.5, 0.6) is 0 Å². The van der Waals surface area contributed by atoms with Gasteiger partial charge in [0.2, 0.25) is 11.8 Å². The first kappa shape index (κ1) is 17.7. The molecule has 1 aliphatic rings. The van der Waals surface area contributed by atoms with Gasteiger partial charge >= 0.3 is 0 Å². The molecule has 136 valence electrons. The lowest BCUT2D eigenvalue weighted by atomic mass is 10.1. The van der Waals surface area contributed by atoms with Gasteiger partial charge in [-0.25, -0.2) is 0 Å². The Morgan fingerprint density at radius 1 is 1.31 bits per heavy atom. The summed E-state index contributed by atoms with van der Waals surface area (Å²) < 4.78 is 4.88. The molecule has 0 radical (unpaired) electrons. The first-order valence-electron chi connectivity index (χ1n) is 8.39. The molecule has 8 nitrogen and oxygen atoms in total. The molecule has 1 aromatic heterocycles. The van der Waals surface area contributed by atoms with Gasteiger partial charge in [0.1, 0.15) is 11.8 Å². The average Bonchev–Trinajstić information content (AvgIpc) is 3.23. The summed E-state index contributed by atoms with van der Waals surface area (Å²) in [4.78, 5) is 38.1. The zero-order chi connectivity index (χ0) is 18.7. The fourth-order valence-corrected chi connectivity index (χ4v) is 2.74. The molecule has 0 unspecified atom stereocenters. The van der Waals surface area contributed by atoms with Gasteiger partial charge in [-0.2, -0.15) is 0 Å². The minimum absolute atomic E-state index is 0.0539. The number of carbonyl (C=O) groups is 3. The molecule has 1 atom stereocenters. The summed E-state index contributed by atoms with van der Waals surface area (Å²) in [6.07, 6.45) is 1.34. The predicted octanol–water partition coefficient (Wildman–Crippen LogP) is 1.87. The highest BCUT2D eigenvalue weighted by atomic mass is 16.5. The van der Waals surface area contributed by atoms with Gasteiger partial charge in [-0.1, -0.05) is 11.2 Å². The van der Waals surface area contributed by atoms with Gasteiger partial charge in [0.15, 0.2) is 5.82 Å². The highest BCUT2D eigenvalue weighted by Gasteiger charge is 2.23. The topological polar surface area (TPSA) is 105 Å². The van der Waals surface area contributed by atoms with Crippen molar-refractivity contribution in [2.24, 2.45) is 0 Å². The van der Waals surface area contributed by atoms with Crippen LogP contribution < -0.4 is 15.5 Å². The molecule has 8 heteroatoms. The molecule has 26 heavy (non-hydrogen) atoms. The summed E-state index contributed by atoms with van der Waals surface area (Å²) in [6, 6.07) is 7.64. The third-order valence-corrected chi connectivity index (χ3v) is 4.11. The largest absolute Gasteiger partial charge is 0.360 e. The van der Waals surface area contributed by atoms with Gasteiger partial charge in [-0.3, -0.25) is 14.4 Å². The minimum Gasteiger partial charge on any atom is -0.360 e. The smallest absolute Gasteiger partial charge is 0.251 e. The summed E-state index contributed by atoms with van der Waals surface area (Å²) in [5.74, 6) is 0.126. The van der Waals surface area contributed by atoms with Crippen molar-refractivity contribution in [3.8, 4) is 0 Å². The van der Waals surface area contributed by atoms with Crippen molar-refractivity contribution in [2.75, 3.05) is 16.8 Å². The fraction of sp³-hybridized carbons (Fsp3) is 0.333. The van der Waals surface area contributed by atoms with E-state index in [0.717, 1.165) is 6.42 Å². The van der Waals surface area contributed by atoms with Crippen LogP contribution in [0.15, 0.2) is 34.9 Å². The van der Waals surface area contributed by atoms with E-state index in [9.17, 15) is 14.4 Å². The summed E-state index contributed by atoms with van der Waals surface area (Å²) in [5, 5.41) is 8.89. The zero-order valence-electron chi connectivity index (χ0n) is 14.6. The Bertz CT molecular complexity index is 845. The summed E-state index contributed by atoms with van der Waals surface area (Å²) in [5.41, 5.74) is 1.08. The lowest BCUT2D eigenvalue weighted by Gasteiger charge is -2.17. The molecule has 1 aliphatic heterocycles. The SMILES string of the molecule is Cc1cc(NC(=O)[C@@H](C)NC(=O)c2cccc(N3CCCC3=O)c2)no1. The van der Waals surface area contributed by atoms with Crippen LogP contribution in [-0.2, 0) is 9.59 Å². The summed E-state index contributed by atoms with van der Waals surface area (Å²) in [6.45, 7) is 3.94. The van der Waals surface area contributed by atoms with Crippen LogP contribution >= 0.6 is 0 Å². The Kier molecular flexibility index (Phi) is 5.01. The van der Waals surface area contributed by atoms with E-state index in [1.807, 2.05) is 0 Å². The third kappa shape index (κ3) is 3.90. The van der Waals surface area contributed by atoms with Gasteiger partial charge in [0.05, 0.1) is 0 Å². The molecular weight excluding hydrogens is 336 g/mol. The van der Waals surface area contributed by atoms with Crippen molar-refractivity contribution >= 4 is 29.2 Å². The fourth-order valence-electron chi connectivity index (χ4n) is 2.74. The second-order valence-corrected chi connectivity index (χ2v) is 6.21. The Morgan fingerprint density at radius 2 is 2.12 bits per heavy atom. The van der Waals surface area contributed by atoms with Gasteiger partial charge in [0, 0.05) is 30.3 Å². The Hall–Kier alpha value is -3.16. The van der Waals surface area contributed by atoms with Crippen LogP contribution in [-0.4, -0.2) is 35.5 Å². The number of nitrogens with zero attached hydrogens (tertiary/aromatic N) is 2. The van der Waals surface area contributed by atoms with Crippen molar-refractivity contribution in [3.63, 3.8) is 0 Å². The lowest BCUT2D eigenvalue weighted by molar-refractivity contribution is -0.118. The first-order valence-corrected chi connectivity index (χ1v) is 8.39. The molecule has 1 saturated heterocycles. The Labute approximate surface area is 150 Å². The highest BCUT2D eigenvalue weighted by Crippen LogP contribution is 2.22. The average molecular weight is 356 g/mol. The van der Waals surface area contributed by atoms with Gasteiger partial charge in [0.25, 0.3) is 5.91 Å². The number of amides is 3. The number of rotatable bonds is 5. The van der Waals surface area contributed by atoms with E-state index in [2.05, 4.69) is 15.8 Å². The third-order valence-electron chi connectivity index (χ3n) is 4.11. The maximum absolute atomic E-state index is 12.4. The molecule has 2 aromatic rings. The molecule has 1 fully saturated rings. The zero-order valence-corrected chi connectivity index (χ0v) is 14.6. The second-order valence-electron chi connectivity index (χ2n) is 6.21. The van der Waals surface area contributed by atoms with Crippen molar-refractivity contribution < 1.29 is 18.9 Å². The molecule has 0 saturated carbocycles. The van der Waals surface area contributed by atoms with Crippen LogP contribution in [0, 0.1) is 6.92 Å². The van der Waals surface area contributed by atoms with Crippen LogP contribution in [0.2, 0.25) is 0 Å². The van der Waals surface area contributed by atoms with E-state index >= 15 is 0 Å². The van der Waals surface area contributed by atoms with Gasteiger partial charge in [-0.05, 0) is 38.5 Å². The van der Waals surface area contributed by atoms with Gasteiger partial charge in [-0.15, -0.1) is 0 Å². The van der Waals surface area contributed by atoms with E-state index < -0.39 is 17.9 Å². The summed E-state index contributed by atoms with van der Waals surface area (Å²) in [7, 11) is 0.